The first-order valence-electron chi connectivity index (χ1n) is 13.4. The van der Waals surface area contributed by atoms with Crippen molar-refractivity contribution in [2.24, 2.45) is 0 Å². The average molecular weight is 624 g/mol. The molecule has 0 unspecified atom stereocenters. The summed E-state index contributed by atoms with van der Waals surface area (Å²) in [5.74, 6) is 0.992. The number of ether oxygens (including phenoxy) is 1. The summed E-state index contributed by atoms with van der Waals surface area (Å²) >= 11 is 4.56. The van der Waals surface area contributed by atoms with Gasteiger partial charge < -0.3 is 0 Å². The Morgan fingerprint density at radius 3 is 1.56 bits per heavy atom. The minimum absolute atomic E-state index is 0.213. The van der Waals surface area contributed by atoms with Gasteiger partial charge in [0.15, 0.2) is 0 Å². The molecule has 4 rings (SSSR count). The molecule has 0 aliphatic rings. The molecule has 0 fully saturated rings. The van der Waals surface area contributed by atoms with E-state index in [9.17, 15) is 5.11 Å². The predicted octanol–water partition coefficient (Wildman–Crippen LogP) is 7.40. The predicted molar refractivity (Wildman–Crippen MR) is 175 cm³/mol. The molecular weight excluding hydrogens is 583 g/mol. The van der Waals surface area contributed by atoms with E-state index in [4.69, 9.17) is 9.16 Å². The van der Waals surface area contributed by atoms with E-state index in [0.29, 0.717) is 6.61 Å². The SMILES string of the molecule is CO[Si](C)(C)CCCOc1ccc(O)cc1P(Br)(c1ccc(C)cc1)(c1ccc(C)cc1)c1ccc(C)cc1. The van der Waals surface area contributed by atoms with E-state index < -0.39 is 13.6 Å². The molecule has 0 atom stereocenters. The zero-order valence-electron chi connectivity index (χ0n) is 23.9. The molecule has 0 saturated carbocycles. The molecule has 3 nitrogen and oxygen atoms in total. The van der Waals surface area contributed by atoms with Gasteiger partial charge in [-0.2, -0.15) is 0 Å². The molecule has 1 N–H and O–H groups in total. The number of halogens is 1. The van der Waals surface area contributed by atoms with Crippen molar-refractivity contribution in [1.29, 1.82) is 0 Å². The van der Waals surface area contributed by atoms with Gasteiger partial charge in [-0.1, -0.05) is 0 Å². The molecule has 0 radical (unpaired) electrons. The number of benzene rings is 4. The minimum atomic E-state index is -3.57. The van der Waals surface area contributed by atoms with Crippen molar-refractivity contribution in [3.63, 3.8) is 0 Å². The van der Waals surface area contributed by atoms with E-state index >= 15 is 0 Å². The Bertz CT molecular complexity index is 1300. The molecule has 0 aliphatic carbocycles. The van der Waals surface area contributed by atoms with Gasteiger partial charge in [0, 0.05) is 0 Å². The summed E-state index contributed by atoms with van der Waals surface area (Å²) in [5.41, 5.74) is 3.59. The Balaban J connectivity index is 2.03. The van der Waals surface area contributed by atoms with Gasteiger partial charge in [-0.3, -0.25) is 0 Å². The summed E-state index contributed by atoms with van der Waals surface area (Å²) < 4.78 is 12.3. The summed E-state index contributed by atoms with van der Waals surface area (Å²) in [5, 5.41) is 11.8. The fourth-order valence-electron chi connectivity index (χ4n) is 5.08. The van der Waals surface area contributed by atoms with Crippen molar-refractivity contribution in [2.75, 3.05) is 13.7 Å². The second-order valence-electron chi connectivity index (χ2n) is 11.1. The van der Waals surface area contributed by atoms with E-state index in [1.165, 1.54) is 16.7 Å². The zero-order valence-corrected chi connectivity index (χ0v) is 27.4. The van der Waals surface area contributed by atoms with Crippen molar-refractivity contribution < 1.29 is 14.3 Å². The van der Waals surface area contributed by atoms with E-state index in [0.717, 1.165) is 39.4 Å². The third kappa shape index (κ3) is 5.74. The van der Waals surface area contributed by atoms with Crippen LogP contribution in [0.25, 0.3) is 0 Å². The first kappa shape index (κ1) is 29.5. The van der Waals surface area contributed by atoms with Crippen LogP contribution in [0.5, 0.6) is 11.5 Å². The Morgan fingerprint density at radius 2 is 1.15 bits per heavy atom. The molecular formula is C33H40BrO3PSi. The monoisotopic (exact) mass is 622 g/mol. The number of hydrogen-bond donors (Lipinski definition) is 1. The Hall–Kier alpha value is -2.43. The molecule has 0 amide bonds. The van der Waals surface area contributed by atoms with Crippen LogP contribution in [0.15, 0.2) is 91.0 Å². The summed E-state index contributed by atoms with van der Waals surface area (Å²) in [6.45, 7) is 11.4. The van der Waals surface area contributed by atoms with Crippen LogP contribution in [0.4, 0.5) is 0 Å². The van der Waals surface area contributed by atoms with Crippen LogP contribution in [0.1, 0.15) is 23.1 Å². The van der Waals surface area contributed by atoms with Gasteiger partial charge >= 0.3 is 244 Å². The Labute approximate surface area is 243 Å². The molecule has 4 aromatic carbocycles. The van der Waals surface area contributed by atoms with Gasteiger partial charge in [0.25, 0.3) is 0 Å². The third-order valence-corrected chi connectivity index (χ3v) is 20.2. The van der Waals surface area contributed by atoms with E-state index in [1.807, 2.05) is 19.2 Å². The van der Waals surface area contributed by atoms with Crippen molar-refractivity contribution in [3.8, 4) is 11.5 Å². The second kappa shape index (κ2) is 11.6. The first-order chi connectivity index (χ1) is 18.5. The van der Waals surface area contributed by atoms with Crippen LogP contribution in [0.3, 0.4) is 0 Å². The summed E-state index contributed by atoms with van der Waals surface area (Å²) in [6, 6.07) is 32.9. The Kier molecular flexibility index (Phi) is 8.78. The van der Waals surface area contributed by atoms with E-state index in [2.05, 4.69) is 122 Å². The van der Waals surface area contributed by atoms with E-state index in [1.54, 1.807) is 6.07 Å². The number of phenols is 1. The molecule has 0 heterocycles. The molecule has 0 saturated heterocycles. The molecule has 4 aromatic rings. The maximum atomic E-state index is 10.9. The van der Waals surface area contributed by atoms with Crippen LogP contribution in [0.2, 0.25) is 19.1 Å². The number of aryl methyl sites for hydroxylation is 3. The average Bonchev–Trinajstić information content (AvgIpc) is 2.92. The van der Waals surface area contributed by atoms with Crippen LogP contribution in [-0.2, 0) is 4.43 Å². The summed E-state index contributed by atoms with van der Waals surface area (Å²) in [4.78, 5) is 0. The number of phenolic OH excluding ortho intramolecular Hbond substituents is 1. The van der Waals surface area contributed by atoms with Gasteiger partial charge in [0.2, 0.25) is 0 Å². The molecule has 0 aromatic heterocycles. The molecule has 0 bridgehead atoms. The third-order valence-electron chi connectivity index (χ3n) is 7.68. The fraction of sp³-hybridized carbons (Fsp3) is 0.273. The van der Waals surface area contributed by atoms with Crippen LogP contribution >= 0.6 is 20.8 Å². The van der Waals surface area contributed by atoms with Gasteiger partial charge in [-0.25, -0.2) is 0 Å². The Morgan fingerprint density at radius 1 is 0.718 bits per heavy atom. The van der Waals surface area contributed by atoms with Crippen LogP contribution < -0.4 is 26.0 Å². The normalized spacial score (nSPS) is 13.1. The van der Waals surface area contributed by atoms with Crippen LogP contribution in [0, 0.1) is 20.8 Å². The number of hydrogen-bond acceptors (Lipinski definition) is 3. The van der Waals surface area contributed by atoms with Gasteiger partial charge in [0.1, 0.15) is 0 Å². The maximum absolute atomic E-state index is 10.9. The number of rotatable bonds is 10. The van der Waals surface area contributed by atoms with Gasteiger partial charge in [0.05, 0.1) is 0 Å². The first-order valence-corrected chi connectivity index (χ1v) is 20.8. The summed E-state index contributed by atoms with van der Waals surface area (Å²) in [6.07, 6.45) is 0.908. The quantitative estimate of drug-likeness (QED) is 0.114. The molecule has 0 spiro atoms. The van der Waals surface area contributed by atoms with Gasteiger partial charge in [-0.15, -0.1) is 0 Å². The molecule has 206 valence electrons. The standard InChI is InChI=1S/C33H40BrO3PSi/c1-25-8-15-29(16-9-25)38(34,30-17-10-26(2)11-18-30,31-19-12-27(3)13-20-31)33-24-28(35)14-21-32(33)37-22-7-23-39(5,6)36-4/h8-21,24,35H,7,22-23H2,1-6H3. The van der Waals surface area contributed by atoms with Crippen molar-refractivity contribution in [3.05, 3.63) is 108 Å². The zero-order chi connectivity index (χ0) is 28.3. The second-order valence-corrected chi connectivity index (χ2v) is 23.8. The van der Waals surface area contributed by atoms with Crippen molar-refractivity contribution in [2.45, 2.75) is 46.3 Å². The molecule has 6 heteroatoms. The molecule has 0 aliphatic heterocycles. The number of aromatic hydroxyl groups is 1. The summed E-state index contributed by atoms with van der Waals surface area (Å²) in [7, 11) is 0.125. The van der Waals surface area contributed by atoms with E-state index in [-0.39, 0.29) is 5.75 Å². The molecule has 39 heavy (non-hydrogen) atoms. The van der Waals surface area contributed by atoms with Crippen molar-refractivity contribution >= 4 is 50.3 Å². The fourth-order valence-corrected chi connectivity index (χ4v) is 14.0. The van der Waals surface area contributed by atoms with Gasteiger partial charge in [-0.05, 0) is 0 Å². The van der Waals surface area contributed by atoms with Crippen molar-refractivity contribution in [1.82, 2.24) is 0 Å². The topological polar surface area (TPSA) is 38.7 Å². The van der Waals surface area contributed by atoms with Crippen LogP contribution in [-0.4, -0.2) is 27.1 Å².